The summed E-state index contributed by atoms with van der Waals surface area (Å²) in [4.78, 5) is 0. The molecule has 4 aliphatic rings. The Kier molecular flexibility index (Phi) is 7.15. The van der Waals surface area contributed by atoms with Gasteiger partial charge >= 0.3 is 0 Å². The normalized spacial score (nSPS) is 39.2. The molecule has 4 rings (SSSR count). The molecule has 4 aliphatic carbocycles. The minimum atomic E-state index is 0.791. The van der Waals surface area contributed by atoms with Gasteiger partial charge in [0.2, 0.25) is 0 Å². The van der Waals surface area contributed by atoms with Crippen LogP contribution in [0.3, 0.4) is 0 Å². The minimum absolute atomic E-state index is 0.791. The number of hydrogen-bond donors (Lipinski definition) is 0. The lowest BCUT2D eigenvalue weighted by Gasteiger charge is -2.54. The SMILES string of the molecule is CCCCCC12CCC(CCC3CCC(CCBr)CC3)(CC1)CC2. The van der Waals surface area contributed by atoms with Crippen LogP contribution in [0, 0.1) is 22.7 Å². The number of hydrogen-bond acceptors (Lipinski definition) is 0. The molecular formula is C23H41Br. The maximum Gasteiger partial charge on any atom is 0.00339 e. The van der Waals surface area contributed by atoms with E-state index in [2.05, 4.69) is 22.9 Å². The predicted molar refractivity (Wildman–Crippen MR) is 110 cm³/mol. The van der Waals surface area contributed by atoms with Crippen LogP contribution in [0.2, 0.25) is 0 Å². The summed E-state index contributed by atoms with van der Waals surface area (Å²) in [5.41, 5.74) is 1.59. The molecule has 140 valence electrons. The van der Waals surface area contributed by atoms with Gasteiger partial charge in [-0.15, -0.1) is 0 Å². The molecule has 0 nitrogen and oxygen atoms in total. The van der Waals surface area contributed by atoms with Crippen molar-refractivity contribution < 1.29 is 0 Å². The van der Waals surface area contributed by atoms with Crippen molar-refractivity contribution in [3.8, 4) is 0 Å². The molecule has 0 heterocycles. The fraction of sp³-hybridized carbons (Fsp3) is 1.00. The zero-order valence-corrected chi connectivity index (χ0v) is 17.8. The number of rotatable bonds is 9. The second-order valence-corrected chi connectivity index (χ2v) is 10.7. The third-order valence-electron chi connectivity index (χ3n) is 8.43. The fourth-order valence-electron chi connectivity index (χ4n) is 6.31. The van der Waals surface area contributed by atoms with E-state index >= 15 is 0 Å². The summed E-state index contributed by atoms with van der Waals surface area (Å²) in [6.45, 7) is 2.35. The van der Waals surface area contributed by atoms with Gasteiger partial charge in [-0.1, -0.05) is 67.8 Å². The molecule has 0 spiro atoms. The molecule has 0 N–H and O–H groups in total. The highest BCUT2D eigenvalue weighted by atomic mass is 79.9. The Hall–Kier alpha value is 0.480. The third kappa shape index (κ3) is 4.80. The van der Waals surface area contributed by atoms with E-state index < -0.39 is 0 Å². The van der Waals surface area contributed by atoms with Crippen molar-refractivity contribution in [2.24, 2.45) is 22.7 Å². The summed E-state index contributed by atoms with van der Waals surface area (Å²) in [7, 11) is 0. The molecule has 0 aliphatic heterocycles. The average molecular weight is 397 g/mol. The Morgan fingerprint density at radius 2 is 1.21 bits per heavy atom. The van der Waals surface area contributed by atoms with Gasteiger partial charge in [0.05, 0.1) is 0 Å². The smallest absolute Gasteiger partial charge is 0.00339 e. The first-order valence-electron chi connectivity index (χ1n) is 11.3. The predicted octanol–water partition coefficient (Wildman–Crippen LogP) is 8.28. The number of fused-ring (bicyclic) bond motifs is 3. The van der Waals surface area contributed by atoms with Gasteiger partial charge in [-0.05, 0) is 86.9 Å². The van der Waals surface area contributed by atoms with Crippen LogP contribution < -0.4 is 0 Å². The van der Waals surface area contributed by atoms with Gasteiger partial charge in [0, 0.05) is 5.33 Å². The van der Waals surface area contributed by atoms with E-state index in [9.17, 15) is 0 Å². The van der Waals surface area contributed by atoms with Crippen molar-refractivity contribution in [3.05, 3.63) is 0 Å². The zero-order chi connectivity index (χ0) is 16.9. The Labute approximate surface area is 160 Å². The monoisotopic (exact) mass is 396 g/mol. The Bertz CT molecular complexity index is 342. The highest BCUT2D eigenvalue weighted by Crippen LogP contribution is 2.60. The maximum atomic E-state index is 3.63. The summed E-state index contributed by atoms with van der Waals surface area (Å²) in [5, 5.41) is 1.21. The lowest BCUT2D eigenvalue weighted by atomic mass is 9.51. The molecule has 0 unspecified atom stereocenters. The van der Waals surface area contributed by atoms with E-state index in [0.29, 0.717) is 0 Å². The first kappa shape index (κ1) is 19.2. The number of halogens is 1. The molecule has 2 bridgehead atoms. The summed E-state index contributed by atoms with van der Waals surface area (Å²) in [5.74, 6) is 2.11. The van der Waals surface area contributed by atoms with E-state index in [-0.39, 0.29) is 0 Å². The first-order chi connectivity index (χ1) is 11.7. The molecule has 0 saturated heterocycles. The van der Waals surface area contributed by atoms with E-state index in [0.717, 1.165) is 22.7 Å². The zero-order valence-electron chi connectivity index (χ0n) is 16.3. The minimum Gasteiger partial charge on any atom is -0.0928 e. The summed E-state index contributed by atoms with van der Waals surface area (Å²) in [6.07, 6.45) is 26.0. The standard InChI is InChI=1S/C23H41Br/c1-2-3-4-11-22-13-16-23(17-14-22,18-15-22)12-9-20-5-7-21(8-6-20)10-19-24/h20-21H,2-19H2,1H3. The molecule has 0 aromatic heterocycles. The topological polar surface area (TPSA) is 0 Å². The average Bonchev–Trinajstić information content (AvgIpc) is 2.63. The van der Waals surface area contributed by atoms with Crippen molar-refractivity contribution in [3.63, 3.8) is 0 Å². The largest absolute Gasteiger partial charge is 0.0928 e. The van der Waals surface area contributed by atoms with Gasteiger partial charge < -0.3 is 0 Å². The number of unbranched alkanes of at least 4 members (excludes halogenated alkanes) is 2. The van der Waals surface area contributed by atoms with Crippen molar-refractivity contribution in [2.75, 3.05) is 5.33 Å². The van der Waals surface area contributed by atoms with Crippen molar-refractivity contribution in [1.29, 1.82) is 0 Å². The van der Waals surface area contributed by atoms with Gasteiger partial charge in [-0.25, -0.2) is 0 Å². The van der Waals surface area contributed by atoms with Gasteiger partial charge in [0.25, 0.3) is 0 Å². The lowest BCUT2D eigenvalue weighted by Crippen LogP contribution is -2.41. The van der Waals surface area contributed by atoms with E-state index in [1.54, 1.807) is 57.8 Å². The highest BCUT2D eigenvalue weighted by Gasteiger charge is 2.47. The van der Waals surface area contributed by atoms with Crippen LogP contribution in [0.4, 0.5) is 0 Å². The molecule has 0 radical (unpaired) electrons. The van der Waals surface area contributed by atoms with Gasteiger partial charge in [0.15, 0.2) is 0 Å². The second kappa shape index (κ2) is 8.92. The van der Waals surface area contributed by atoms with Crippen molar-refractivity contribution in [2.45, 2.75) is 116 Å². The lowest BCUT2D eigenvalue weighted by molar-refractivity contribution is -0.0250. The van der Waals surface area contributed by atoms with Crippen LogP contribution >= 0.6 is 15.9 Å². The quantitative estimate of drug-likeness (QED) is 0.271. The molecule has 0 aromatic carbocycles. The Morgan fingerprint density at radius 3 is 1.71 bits per heavy atom. The first-order valence-corrected chi connectivity index (χ1v) is 12.4. The summed E-state index contributed by atoms with van der Waals surface area (Å²) >= 11 is 3.63. The van der Waals surface area contributed by atoms with Crippen molar-refractivity contribution in [1.82, 2.24) is 0 Å². The summed E-state index contributed by atoms with van der Waals surface area (Å²) in [6, 6.07) is 0. The van der Waals surface area contributed by atoms with Crippen LogP contribution in [0.1, 0.15) is 116 Å². The van der Waals surface area contributed by atoms with Crippen molar-refractivity contribution >= 4 is 15.9 Å². The molecule has 0 aromatic rings. The molecule has 4 fully saturated rings. The van der Waals surface area contributed by atoms with Gasteiger partial charge in [0.1, 0.15) is 0 Å². The summed E-state index contributed by atoms with van der Waals surface area (Å²) < 4.78 is 0. The second-order valence-electron chi connectivity index (χ2n) is 9.86. The molecule has 1 heteroatoms. The molecule has 24 heavy (non-hydrogen) atoms. The van der Waals surface area contributed by atoms with Gasteiger partial charge in [-0.2, -0.15) is 0 Å². The molecule has 0 atom stereocenters. The number of alkyl halides is 1. The van der Waals surface area contributed by atoms with Gasteiger partial charge in [-0.3, -0.25) is 0 Å². The maximum absolute atomic E-state index is 3.63. The van der Waals surface area contributed by atoms with Crippen LogP contribution in [-0.4, -0.2) is 5.33 Å². The molecule has 0 amide bonds. The fourth-order valence-corrected chi connectivity index (χ4v) is 6.96. The van der Waals surface area contributed by atoms with E-state index in [1.165, 1.54) is 56.7 Å². The highest BCUT2D eigenvalue weighted by molar-refractivity contribution is 9.09. The molecular weight excluding hydrogens is 356 g/mol. The van der Waals surface area contributed by atoms with Crippen LogP contribution in [-0.2, 0) is 0 Å². The third-order valence-corrected chi connectivity index (χ3v) is 8.89. The Morgan fingerprint density at radius 1 is 0.708 bits per heavy atom. The Balaban J connectivity index is 1.39. The van der Waals surface area contributed by atoms with E-state index in [4.69, 9.17) is 0 Å². The molecule has 4 saturated carbocycles. The van der Waals surface area contributed by atoms with Crippen LogP contribution in [0.5, 0.6) is 0 Å². The van der Waals surface area contributed by atoms with Crippen LogP contribution in [0.25, 0.3) is 0 Å². The van der Waals surface area contributed by atoms with E-state index in [1.807, 2.05) is 0 Å². The van der Waals surface area contributed by atoms with Crippen LogP contribution in [0.15, 0.2) is 0 Å².